The summed E-state index contributed by atoms with van der Waals surface area (Å²) in [5, 5.41) is 27.7. The van der Waals surface area contributed by atoms with Crippen molar-refractivity contribution in [2.75, 3.05) is 13.2 Å². The number of rotatable bonds is 3. The molecule has 190 valence electrons. The second-order valence-electron chi connectivity index (χ2n) is 9.79. The normalized spacial score (nSPS) is 17.6. The lowest BCUT2D eigenvalue weighted by Gasteiger charge is -2.30. The van der Waals surface area contributed by atoms with Gasteiger partial charge in [-0.2, -0.15) is 15.3 Å². The molecule has 10 nitrogen and oxygen atoms in total. The molecule has 2 bridgehead atoms. The molecule has 0 fully saturated rings. The van der Waals surface area contributed by atoms with E-state index in [4.69, 9.17) is 14.8 Å². The van der Waals surface area contributed by atoms with Crippen molar-refractivity contribution in [3.63, 3.8) is 0 Å². The van der Waals surface area contributed by atoms with Gasteiger partial charge in [0.05, 0.1) is 58.9 Å². The van der Waals surface area contributed by atoms with Crippen LogP contribution in [0.15, 0.2) is 12.3 Å². The summed E-state index contributed by atoms with van der Waals surface area (Å²) in [6, 6.07) is 2.32. The maximum Gasteiger partial charge on any atom is 0.221 e. The number of aryl methyl sites for hydroxylation is 3. The van der Waals surface area contributed by atoms with Crippen molar-refractivity contribution >= 4 is 23.1 Å². The first-order valence-corrected chi connectivity index (χ1v) is 12.4. The number of nitrogens with zero attached hydrogens (tertiary/aromatic N) is 7. The number of aromatic amines is 1. The monoisotopic (exact) mass is 490 g/mol. The topological polar surface area (TPSA) is 110 Å². The number of H-pyrrole nitrogens is 1. The first-order chi connectivity index (χ1) is 17.3. The molecule has 1 atom stereocenters. The van der Waals surface area contributed by atoms with Crippen molar-refractivity contribution in [2.45, 2.75) is 59.9 Å². The fraction of sp³-hybridized carbons (Fsp3) is 0.462. The summed E-state index contributed by atoms with van der Waals surface area (Å²) < 4.78 is 10.2. The van der Waals surface area contributed by atoms with Gasteiger partial charge in [-0.1, -0.05) is 0 Å². The number of pyridine rings is 1. The Labute approximate surface area is 210 Å². The highest BCUT2D eigenvalue weighted by molar-refractivity contribution is 5.92. The van der Waals surface area contributed by atoms with Crippen LogP contribution in [0.5, 0.6) is 5.88 Å². The first kappa shape index (κ1) is 24.2. The van der Waals surface area contributed by atoms with Gasteiger partial charge in [0.15, 0.2) is 0 Å². The van der Waals surface area contributed by atoms with Gasteiger partial charge in [0, 0.05) is 37.1 Å². The molecule has 0 spiro atoms. The number of nitrogens with one attached hydrogen (secondary N) is 1. The van der Waals surface area contributed by atoms with Gasteiger partial charge in [-0.05, 0) is 52.8 Å². The van der Waals surface area contributed by atoms with Crippen molar-refractivity contribution in [3.05, 3.63) is 40.6 Å². The summed E-state index contributed by atoms with van der Waals surface area (Å²) in [7, 11) is 1.90. The van der Waals surface area contributed by atoms with E-state index in [0.717, 1.165) is 50.5 Å². The van der Waals surface area contributed by atoms with Gasteiger partial charge < -0.3 is 9.84 Å². The zero-order valence-corrected chi connectivity index (χ0v) is 21.8. The molecule has 2 N–H and O–H groups in total. The van der Waals surface area contributed by atoms with Crippen LogP contribution in [-0.4, -0.2) is 70.0 Å². The van der Waals surface area contributed by atoms with Crippen LogP contribution >= 0.6 is 0 Å². The zero-order valence-electron chi connectivity index (χ0n) is 21.8. The Morgan fingerprint density at radius 2 is 2.00 bits per heavy atom. The minimum atomic E-state index is -0.103. The van der Waals surface area contributed by atoms with Crippen molar-refractivity contribution in [1.82, 2.24) is 39.6 Å². The molecular formula is C26H34N8O2. The molecule has 0 saturated heterocycles. The summed E-state index contributed by atoms with van der Waals surface area (Å²) in [4.78, 5) is 7.09. The molecule has 0 saturated carbocycles. The molecule has 5 rings (SSSR count). The largest absolute Gasteiger partial charge is 0.473 e. The van der Waals surface area contributed by atoms with Gasteiger partial charge in [0.25, 0.3) is 0 Å². The third-order valence-corrected chi connectivity index (χ3v) is 6.79. The lowest BCUT2D eigenvalue weighted by molar-refractivity contribution is 0.109. The summed E-state index contributed by atoms with van der Waals surface area (Å²) in [6.07, 6.45) is 5.81. The van der Waals surface area contributed by atoms with Crippen LogP contribution in [0.4, 0.5) is 0 Å². The van der Waals surface area contributed by atoms with Crippen LogP contribution in [-0.2, 0) is 20.1 Å². The van der Waals surface area contributed by atoms with Crippen LogP contribution in [0.1, 0.15) is 49.1 Å². The third kappa shape index (κ3) is 4.31. The number of aliphatic hydroxyl groups is 1. The van der Waals surface area contributed by atoms with E-state index in [1.807, 2.05) is 43.9 Å². The predicted octanol–water partition coefficient (Wildman–Crippen LogP) is 3.33. The Hall–Kier alpha value is -3.50. The number of hydrogen-bond acceptors (Lipinski definition) is 7. The number of aromatic nitrogens is 7. The molecule has 36 heavy (non-hydrogen) atoms. The molecule has 0 aliphatic carbocycles. The molecule has 0 radical (unpaired) electrons. The van der Waals surface area contributed by atoms with Gasteiger partial charge in [0.1, 0.15) is 6.10 Å². The van der Waals surface area contributed by atoms with E-state index >= 15 is 0 Å². The van der Waals surface area contributed by atoms with E-state index in [2.05, 4.69) is 47.0 Å². The number of aliphatic hydroxyl groups excluding tert-OH is 1. The van der Waals surface area contributed by atoms with Crippen LogP contribution in [0, 0.1) is 13.8 Å². The van der Waals surface area contributed by atoms with E-state index in [1.54, 1.807) is 4.68 Å². The van der Waals surface area contributed by atoms with E-state index in [9.17, 15) is 5.11 Å². The van der Waals surface area contributed by atoms with Crippen molar-refractivity contribution < 1.29 is 9.84 Å². The van der Waals surface area contributed by atoms with Gasteiger partial charge in [-0.25, -0.2) is 4.68 Å². The quantitative estimate of drug-likeness (QED) is 0.453. The molecule has 4 aromatic heterocycles. The van der Waals surface area contributed by atoms with Crippen molar-refractivity contribution in [1.29, 1.82) is 0 Å². The highest BCUT2D eigenvalue weighted by Crippen LogP contribution is 2.34. The van der Waals surface area contributed by atoms with Gasteiger partial charge in [-0.3, -0.25) is 19.7 Å². The summed E-state index contributed by atoms with van der Waals surface area (Å²) >= 11 is 0. The summed E-state index contributed by atoms with van der Waals surface area (Å²) in [5.41, 5.74) is 7.27. The van der Waals surface area contributed by atoms with Crippen LogP contribution < -0.4 is 4.74 Å². The first-order valence-electron chi connectivity index (χ1n) is 12.4. The molecule has 0 amide bonds. The Morgan fingerprint density at radius 3 is 2.75 bits per heavy atom. The minimum Gasteiger partial charge on any atom is -0.473 e. The molecular weight excluding hydrogens is 456 g/mol. The van der Waals surface area contributed by atoms with E-state index in [0.29, 0.717) is 25.5 Å². The average molecular weight is 491 g/mol. The molecule has 1 aliphatic rings. The second-order valence-corrected chi connectivity index (χ2v) is 9.79. The van der Waals surface area contributed by atoms with Crippen LogP contribution in [0.2, 0.25) is 0 Å². The molecule has 5 heterocycles. The number of hydrogen-bond donors (Lipinski definition) is 2. The van der Waals surface area contributed by atoms with Gasteiger partial charge in [-0.15, -0.1) is 0 Å². The molecule has 1 aliphatic heterocycles. The molecule has 10 heteroatoms. The SMILES string of the molecule is Cc1nn(CCO)c2c1/C=C/c1n[nH]c3cnc(cc13)-c1c(C)nn(C)c1O[C@@H](C)CN(C(C)C)C2. The Balaban J connectivity index is 1.72. The Morgan fingerprint density at radius 1 is 1.19 bits per heavy atom. The molecule has 0 aromatic carbocycles. The third-order valence-electron chi connectivity index (χ3n) is 6.79. The van der Waals surface area contributed by atoms with Crippen LogP contribution in [0.3, 0.4) is 0 Å². The molecule has 0 unspecified atom stereocenters. The Bertz CT molecular complexity index is 1430. The second kappa shape index (κ2) is 9.51. The standard InChI is InChI=1S/C26H34N8O2/c1-15(2)33-13-16(3)36-26-25(18(5)30-32(26)6)22-11-20-21(28-29-23(20)12-27-22)8-7-19-17(4)31-34(9-10-35)24(19)14-33/h7-8,11-12,15-16,35H,9-10,13-14H2,1-6H3,(H,28,29)/b8-7+/t16-/m0/s1. The minimum absolute atomic E-state index is 0.0286. The highest BCUT2D eigenvalue weighted by atomic mass is 16.5. The number of fused-ring (bicyclic) bond motifs is 4. The van der Waals surface area contributed by atoms with E-state index in [-0.39, 0.29) is 18.8 Å². The lowest BCUT2D eigenvalue weighted by Crippen LogP contribution is -2.39. The van der Waals surface area contributed by atoms with Crippen molar-refractivity contribution in [2.24, 2.45) is 7.05 Å². The van der Waals surface area contributed by atoms with E-state index < -0.39 is 0 Å². The van der Waals surface area contributed by atoms with Gasteiger partial charge >= 0.3 is 0 Å². The van der Waals surface area contributed by atoms with E-state index in [1.165, 1.54) is 0 Å². The highest BCUT2D eigenvalue weighted by Gasteiger charge is 2.25. The Kier molecular flexibility index (Phi) is 6.40. The smallest absolute Gasteiger partial charge is 0.221 e. The average Bonchev–Trinajstić information content (AvgIpc) is 3.44. The fourth-order valence-electron chi connectivity index (χ4n) is 4.94. The van der Waals surface area contributed by atoms with Crippen molar-refractivity contribution in [3.8, 4) is 17.1 Å². The zero-order chi connectivity index (χ0) is 25.6. The fourth-order valence-corrected chi connectivity index (χ4v) is 4.94. The van der Waals surface area contributed by atoms with Crippen LogP contribution in [0.25, 0.3) is 34.3 Å². The predicted molar refractivity (Wildman–Crippen MR) is 139 cm³/mol. The number of ether oxygens (including phenoxy) is 1. The maximum absolute atomic E-state index is 9.69. The summed E-state index contributed by atoms with van der Waals surface area (Å²) in [6.45, 7) is 12.3. The summed E-state index contributed by atoms with van der Waals surface area (Å²) in [5.74, 6) is 0.702. The lowest BCUT2D eigenvalue weighted by atomic mass is 10.1. The maximum atomic E-state index is 9.69. The van der Waals surface area contributed by atoms with Gasteiger partial charge in [0.2, 0.25) is 5.88 Å². The molecule has 4 aromatic rings.